The summed E-state index contributed by atoms with van der Waals surface area (Å²) in [5.74, 6) is 1.03. The first-order valence-corrected chi connectivity index (χ1v) is 7.28. The molecule has 21 heavy (non-hydrogen) atoms. The molecule has 112 valence electrons. The number of benzene rings is 2. The minimum Gasteiger partial charge on any atom is -0.493 e. The molecule has 0 heterocycles. The fourth-order valence-electron chi connectivity index (χ4n) is 2.05. The van der Waals surface area contributed by atoms with E-state index in [1.54, 1.807) is 26.4 Å². The number of halogens is 2. The van der Waals surface area contributed by atoms with Gasteiger partial charge in [0, 0.05) is 10.5 Å². The third kappa shape index (κ3) is 3.67. The maximum atomic E-state index is 13.8. The van der Waals surface area contributed by atoms with Gasteiger partial charge in [-0.2, -0.15) is 0 Å². The molecule has 2 rings (SSSR count). The summed E-state index contributed by atoms with van der Waals surface area (Å²) in [4.78, 5) is 0. The molecule has 1 unspecified atom stereocenters. The third-order valence-electron chi connectivity index (χ3n) is 3.21. The van der Waals surface area contributed by atoms with E-state index in [1.165, 1.54) is 6.07 Å². The zero-order valence-electron chi connectivity index (χ0n) is 12.1. The van der Waals surface area contributed by atoms with Gasteiger partial charge in [-0.1, -0.05) is 22.0 Å². The van der Waals surface area contributed by atoms with Gasteiger partial charge in [0.2, 0.25) is 0 Å². The van der Waals surface area contributed by atoms with Gasteiger partial charge >= 0.3 is 0 Å². The van der Waals surface area contributed by atoms with E-state index in [2.05, 4.69) is 21.2 Å². The Morgan fingerprint density at radius 1 is 1.05 bits per heavy atom. The average molecular weight is 354 g/mol. The number of rotatable bonds is 5. The molecule has 1 atom stereocenters. The van der Waals surface area contributed by atoms with E-state index < -0.39 is 0 Å². The summed E-state index contributed by atoms with van der Waals surface area (Å²) >= 11 is 3.34. The lowest BCUT2D eigenvalue weighted by Crippen LogP contribution is -2.08. The Hall–Kier alpha value is -1.75. The van der Waals surface area contributed by atoms with Crippen LogP contribution >= 0.6 is 15.9 Å². The second-order valence-electron chi connectivity index (χ2n) is 4.60. The maximum absolute atomic E-state index is 13.8. The highest BCUT2D eigenvalue weighted by Crippen LogP contribution is 2.31. The number of anilines is 1. The van der Waals surface area contributed by atoms with E-state index in [9.17, 15) is 4.39 Å². The Morgan fingerprint density at radius 2 is 1.76 bits per heavy atom. The SMILES string of the molecule is COc1ccc(C(C)Nc2cc(Br)ccc2F)cc1OC. The highest BCUT2D eigenvalue weighted by atomic mass is 79.9. The van der Waals surface area contributed by atoms with Crippen molar-refractivity contribution in [2.24, 2.45) is 0 Å². The number of ether oxygens (including phenoxy) is 2. The zero-order valence-corrected chi connectivity index (χ0v) is 13.7. The zero-order chi connectivity index (χ0) is 15.4. The number of nitrogens with one attached hydrogen (secondary N) is 1. The van der Waals surface area contributed by atoms with Crippen molar-refractivity contribution in [3.05, 3.63) is 52.3 Å². The van der Waals surface area contributed by atoms with Gasteiger partial charge in [-0.25, -0.2) is 4.39 Å². The maximum Gasteiger partial charge on any atom is 0.161 e. The highest BCUT2D eigenvalue weighted by molar-refractivity contribution is 9.10. The molecular formula is C16H17BrFNO2. The van der Waals surface area contributed by atoms with Gasteiger partial charge in [-0.05, 0) is 42.8 Å². The summed E-state index contributed by atoms with van der Waals surface area (Å²) in [6.07, 6.45) is 0. The Morgan fingerprint density at radius 3 is 2.43 bits per heavy atom. The van der Waals surface area contributed by atoms with Crippen molar-refractivity contribution in [1.82, 2.24) is 0 Å². The molecule has 1 N–H and O–H groups in total. The van der Waals surface area contributed by atoms with Gasteiger partial charge in [-0.3, -0.25) is 0 Å². The molecule has 2 aromatic rings. The smallest absolute Gasteiger partial charge is 0.161 e. The van der Waals surface area contributed by atoms with Crippen LogP contribution in [0.4, 0.5) is 10.1 Å². The molecule has 0 spiro atoms. The van der Waals surface area contributed by atoms with Gasteiger partial charge in [0.25, 0.3) is 0 Å². The molecule has 0 aliphatic heterocycles. The van der Waals surface area contributed by atoms with E-state index in [1.807, 2.05) is 25.1 Å². The van der Waals surface area contributed by atoms with Crippen LogP contribution in [0.25, 0.3) is 0 Å². The van der Waals surface area contributed by atoms with Gasteiger partial charge in [0.15, 0.2) is 11.5 Å². The Labute approximate surface area is 132 Å². The van der Waals surface area contributed by atoms with Crippen molar-refractivity contribution in [1.29, 1.82) is 0 Å². The second kappa shape index (κ2) is 6.80. The van der Waals surface area contributed by atoms with Crippen molar-refractivity contribution in [3.8, 4) is 11.5 Å². The molecular weight excluding hydrogens is 337 g/mol. The molecule has 0 bridgehead atoms. The second-order valence-corrected chi connectivity index (χ2v) is 5.52. The molecule has 0 amide bonds. The Balaban J connectivity index is 2.24. The van der Waals surface area contributed by atoms with Crippen LogP contribution in [0, 0.1) is 5.82 Å². The van der Waals surface area contributed by atoms with Gasteiger partial charge in [0.1, 0.15) is 5.82 Å². The standard InChI is InChI=1S/C16H17BrFNO2/c1-10(19-14-9-12(17)5-6-13(14)18)11-4-7-15(20-2)16(8-11)21-3/h4-10,19H,1-3H3. The lowest BCUT2D eigenvalue weighted by atomic mass is 10.1. The fourth-order valence-corrected chi connectivity index (χ4v) is 2.41. The molecule has 2 aromatic carbocycles. The molecule has 0 saturated heterocycles. The first-order valence-electron chi connectivity index (χ1n) is 6.48. The molecule has 5 heteroatoms. The highest BCUT2D eigenvalue weighted by Gasteiger charge is 2.12. The summed E-state index contributed by atoms with van der Waals surface area (Å²) in [5.41, 5.74) is 1.43. The average Bonchev–Trinajstić information content (AvgIpc) is 2.50. The van der Waals surface area contributed by atoms with Gasteiger partial charge < -0.3 is 14.8 Å². The van der Waals surface area contributed by atoms with Crippen LogP contribution in [-0.4, -0.2) is 14.2 Å². The minimum absolute atomic E-state index is 0.0754. The van der Waals surface area contributed by atoms with E-state index in [-0.39, 0.29) is 11.9 Å². The fraction of sp³-hybridized carbons (Fsp3) is 0.250. The van der Waals surface area contributed by atoms with Crippen LogP contribution in [-0.2, 0) is 0 Å². The van der Waals surface area contributed by atoms with Crippen LogP contribution in [0.3, 0.4) is 0 Å². The van der Waals surface area contributed by atoms with Crippen LogP contribution in [0.5, 0.6) is 11.5 Å². The first kappa shape index (κ1) is 15.6. The van der Waals surface area contributed by atoms with Crippen LogP contribution in [0.15, 0.2) is 40.9 Å². The molecule has 0 fully saturated rings. The number of hydrogen-bond donors (Lipinski definition) is 1. The molecule has 0 saturated carbocycles. The van der Waals surface area contributed by atoms with Crippen LogP contribution in [0.2, 0.25) is 0 Å². The lowest BCUT2D eigenvalue weighted by molar-refractivity contribution is 0.354. The van der Waals surface area contributed by atoms with Crippen LogP contribution in [0.1, 0.15) is 18.5 Å². The van der Waals surface area contributed by atoms with Crippen molar-refractivity contribution >= 4 is 21.6 Å². The summed E-state index contributed by atoms with van der Waals surface area (Å²) in [7, 11) is 3.18. The summed E-state index contributed by atoms with van der Waals surface area (Å²) in [6, 6.07) is 10.4. The van der Waals surface area contributed by atoms with Crippen molar-refractivity contribution in [2.75, 3.05) is 19.5 Å². The van der Waals surface area contributed by atoms with Crippen LogP contribution < -0.4 is 14.8 Å². The minimum atomic E-state index is -0.287. The first-order chi connectivity index (χ1) is 10.0. The third-order valence-corrected chi connectivity index (χ3v) is 3.70. The predicted octanol–water partition coefficient (Wildman–Crippen LogP) is 4.78. The molecule has 0 aliphatic carbocycles. The topological polar surface area (TPSA) is 30.5 Å². The summed E-state index contributed by atoms with van der Waals surface area (Å²) < 4.78 is 25.1. The monoisotopic (exact) mass is 353 g/mol. The molecule has 0 aliphatic rings. The number of methoxy groups -OCH3 is 2. The van der Waals surface area contributed by atoms with E-state index in [0.717, 1.165) is 10.0 Å². The van der Waals surface area contributed by atoms with E-state index >= 15 is 0 Å². The quantitative estimate of drug-likeness (QED) is 0.838. The number of hydrogen-bond acceptors (Lipinski definition) is 3. The summed E-state index contributed by atoms with van der Waals surface area (Å²) in [5, 5.41) is 3.15. The van der Waals surface area contributed by atoms with Gasteiger partial charge in [0.05, 0.1) is 19.9 Å². The van der Waals surface area contributed by atoms with Crippen molar-refractivity contribution in [3.63, 3.8) is 0 Å². The van der Waals surface area contributed by atoms with E-state index in [4.69, 9.17) is 9.47 Å². The largest absolute Gasteiger partial charge is 0.493 e. The van der Waals surface area contributed by atoms with E-state index in [0.29, 0.717) is 17.2 Å². The Kier molecular flexibility index (Phi) is 5.07. The van der Waals surface area contributed by atoms with Crippen molar-refractivity contribution in [2.45, 2.75) is 13.0 Å². The molecule has 3 nitrogen and oxygen atoms in total. The summed E-state index contributed by atoms with van der Waals surface area (Å²) in [6.45, 7) is 1.96. The van der Waals surface area contributed by atoms with Crippen molar-refractivity contribution < 1.29 is 13.9 Å². The predicted molar refractivity (Wildman–Crippen MR) is 85.7 cm³/mol. The molecule has 0 aromatic heterocycles. The Bertz CT molecular complexity index is 634. The van der Waals surface area contributed by atoms with Gasteiger partial charge in [-0.15, -0.1) is 0 Å². The normalized spacial score (nSPS) is 11.9. The molecule has 0 radical (unpaired) electrons. The lowest BCUT2D eigenvalue weighted by Gasteiger charge is -2.18.